The molecule has 22 heavy (non-hydrogen) atoms. The number of nitrogens with one attached hydrogen (secondary N) is 1. The van der Waals surface area contributed by atoms with E-state index in [-0.39, 0.29) is 18.7 Å². The minimum Gasteiger partial charge on any atom is -0.466 e. The molecule has 1 amide bonds. The molecule has 1 aliphatic rings. The zero-order chi connectivity index (χ0) is 15.9. The molecule has 0 bridgehead atoms. The van der Waals surface area contributed by atoms with Gasteiger partial charge in [0.25, 0.3) is 5.91 Å². The highest BCUT2D eigenvalue weighted by Crippen LogP contribution is 2.34. The maximum Gasteiger partial charge on any atom is 0.255 e. The van der Waals surface area contributed by atoms with Crippen molar-refractivity contribution < 1.29 is 18.7 Å². The van der Waals surface area contributed by atoms with E-state index in [0.29, 0.717) is 17.1 Å². The van der Waals surface area contributed by atoms with Crippen molar-refractivity contribution in [3.8, 4) is 11.5 Å². The van der Waals surface area contributed by atoms with Crippen LogP contribution in [-0.4, -0.2) is 12.7 Å². The summed E-state index contributed by atoms with van der Waals surface area (Å²) in [5.74, 6) is 2.74. The summed E-state index contributed by atoms with van der Waals surface area (Å²) < 4.78 is 16.2. The van der Waals surface area contributed by atoms with Gasteiger partial charge < -0.3 is 19.2 Å². The van der Waals surface area contributed by atoms with Crippen molar-refractivity contribution in [2.24, 2.45) is 0 Å². The van der Waals surface area contributed by atoms with Crippen molar-refractivity contribution in [2.75, 3.05) is 6.79 Å². The molecule has 1 unspecified atom stereocenters. The Hall–Kier alpha value is -2.43. The quantitative estimate of drug-likeness (QED) is 0.943. The summed E-state index contributed by atoms with van der Waals surface area (Å²) in [6, 6.07) is 5.54. The minimum atomic E-state index is -0.143. The van der Waals surface area contributed by atoms with Gasteiger partial charge in [-0.2, -0.15) is 0 Å². The molecule has 5 heteroatoms. The first-order valence-corrected chi connectivity index (χ1v) is 7.24. The molecule has 1 N–H and O–H groups in total. The predicted molar refractivity (Wildman–Crippen MR) is 81.4 cm³/mol. The summed E-state index contributed by atoms with van der Waals surface area (Å²) in [7, 11) is 0. The summed E-state index contributed by atoms with van der Waals surface area (Å²) in [5, 5.41) is 3.00. The van der Waals surface area contributed by atoms with Crippen molar-refractivity contribution in [2.45, 2.75) is 33.7 Å². The Morgan fingerprint density at radius 1 is 1.14 bits per heavy atom. The van der Waals surface area contributed by atoms with Gasteiger partial charge in [0, 0.05) is 5.56 Å². The molecule has 0 aliphatic carbocycles. The Balaban J connectivity index is 1.79. The molecule has 5 nitrogen and oxygen atoms in total. The summed E-state index contributed by atoms with van der Waals surface area (Å²) >= 11 is 0. The van der Waals surface area contributed by atoms with Crippen LogP contribution in [0.1, 0.15) is 46.0 Å². The van der Waals surface area contributed by atoms with Crippen molar-refractivity contribution >= 4 is 5.91 Å². The first-order chi connectivity index (χ1) is 10.5. The Morgan fingerprint density at radius 3 is 2.55 bits per heavy atom. The maximum atomic E-state index is 12.5. The zero-order valence-electron chi connectivity index (χ0n) is 13.1. The van der Waals surface area contributed by atoms with Gasteiger partial charge in [-0.1, -0.05) is 6.07 Å². The lowest BCUT2D eigenvalue weighted by Gasteiger charge is -2.15. The summed E-state index contributed by atoms with van der Waals surface area (Å²) in [6.45, 7) is 7.74. The molecule has 0 fully saturated rings. The average Bonchev–Trinajstić information content (AvgIpc) is 3.03. The number of rotatable bonds is 3. The van der Waals surface area contributed by atoms with Crippen LogP contribution in [0.15, 0.2) is 22.6 Å². The fourth-order valence-corrected chi connectivity index (χ4v) is 2.66. The second-order valence-corrected chi connectivity index (χ2v) is 5.52. The van der Waals surface area contributed by atoms with Crippen LogP contribution in [0.2, 0.25) is 0 Å². The van der Waals surface area contributed by atoms with Crippen LogP contribution >= 0.6 is 0 Å². The number of hydrogen-bond acceptors (Lipinski definition) is 4. The molecule has 1 aliphatic heterocycles. The number of carbonyl (C=O) groups is 1. The van der Waals surface area contributed by atoms with E-state index in [2.05, 4.69) is 5.32 Å². The summed E-state index contributed by atoms with van der Waals surface area (Å²) in [4.78, 5) is 12.5. The first kappa shape index (κ1) is 14.5. The monoisotopic (exact) mass is 301 g/mol. The molecular weight excluding hydrogens is 282 g/mol. The Morgan fingerprint density at radius 2 is 1.86 bits per heavy atom. The van der Waals surface area contributed by atoms with E-state index >= 15 is 0 Å². The van der Waals surface area contributed by atoms with Crippen LogP contribution in [0.25, 0.3) is 0 Å². The third-order valence-electron chi connectivity index (χ3n) is 4.03. The number of carbonyl (C=O) groups excluding carboxylic acids is 1. The van der Waals surface area contributed by atoms with Crippen LogP contribution in [0.4, 0.5) is 0 Å². The topological polar surface area (TPSA) is 60.7 Å². The number of aryl methyl sites for hydroxylation is 2. The second kappa shape index (κ2) is 5.40. The molecule has 1 aromatic carbocycles. The Bertz CT molecular complexity index is 733. The van der Waals surface area contributed by atoms with Gasteiger partial charge in [-0.05, 0) is 45.4 Å². The van der Waals surface area contributed by atoms with Gasteiger partial charge in [-0.15, -0.1) is 0 Å². The largest absolute Gasteiger partial charge is 0.466 e. The molecule has 0 spiro atoms. The van der Waals surface area contributed by atoms with E-state index in [1.807, 2.05) is 39.0 Å². The van der Waals surface area contributed by atoms with Gasteiger partial charge in [0.2, 0.25) is 6.79 Å². The highest BCUT2D eigenvalue weighted by atomic mass is 16.7. The lowest BCUT2D eigenvalue weighted by molar-refractivity contribution is 0.0937. The summed E-state index contributed by atoms with van der Waals surface area (Å²) in [5.41, 5.74) is 2.46. The van der Waals surface area contributed by atoms with Gasteiger partial charge in [-0.3, -0.25) is 4.79 Å². The number of ether oxygens (including phenoxy) is 2. The SMILES string of the molecule is Cc1oc(C)c(C(=O)NC(C)c2ccc3c(c2)OCO3)c1C. The highest BCUT2D eigenvalue weighted by Gasteiger charge is 2.21. The first-order valence-electron chi connectivity index (χ1n) is 7.24. The van der Waals surface area contributed by atoms with Crippen molar-refractivity contribution in [1.29, 1.82) is 0 Å². The molecule has 116 valence electrons. The third-order valence-corrected chi connectivity index (χ3v) is 4.03. The molecule has 1 atom stereocenters. The highest BCUT2D eigenvalue weighted by molar-refractivity contribution is 5.97. The Labute approximate surface area is 129 Å². The number of benzene rings is 1. The average molecular weight is 301 g/mol. The van der Waals surface area contributed by atoms with Gasteiger partial charge in [0.1, 0.15) is 11.5 Å². The van der Waals surface area contributed by atoms with E-state index < -0.39 is 0 Å². The van der Waals surface area contributed by atoms with Crippen molar-refractivity contribution in [3.05, 3.63) is 46.4 Å². The lowest BCUT2D eigenvalue weighted by Crippen LogP contribution is -2.27. The van der Waals surface area contributed by atoms with E-state index in [1.165, 1.54) is 0 Å². The number of amides is 1. The molecule has 1 aromatic heterocycles. The Kier molecular flexibility index (Phi) is 3.56. The van der Waals surface area contributed by atoms with Crippen LogP contribution in [0, 0.1) is 20.8 Å². The standard InChI is InChI=1S/C17H19NO4/c1-9-11(3)22-12(4)16(9)17(19)18-10(2)13-5-6-14-15(7-13)21-8-20-14/h5-7,10H,8H2,1-4H3,(H,18,19). The van der Waals surface area contributed by atoms with Gasteiger partial charge >= 0.3 is 0 Å². The molecule has 0 saturated heterocycles. The predicted octanol–water partition coefficient (Wildman–Crippen LogP) is 3.42. The van der Waals surface area contributed by atoms with E-state index in [4.69, 9.17) is 13.9 Å². The fraction of sp³-hybridized carbons (Fsp3) is 0.353. The smallest absolute Gasteiger partial charge is 0.255 e. The van der Waals surface area contributed by atoms with Gasteiger partial charge in [-0.25, -0.2) is 0 Å². The molecule has 0 saturated carbocycles. The van der Waals surface area contributed by atoms with Crippen molar-refractivity contribution in [1.82, 2.24) is 5.32 Å². The van der Waals surface area contributed by atoms with Crippen LogP contribution in [0.5, 0.6) is 11.5 Å². The molecule has 0 radical (unpaired) electrons. The number of hydrogen-bond donors (Lipinski definition) is 1. The van der Waals surface area contributed by atoms with Gasteiger partial charge in [0.05, 0.1) is 11.6 Å². The lowest BCUT2D eigenvalue weighted by atomic mass is 10.1. The molecule has 2 aromatic rings. The van der Waals surface area contributed by atoms with Crippen LogP contribution < -0.4 is 14.8 Å². The van der Waals surface area contributed by atoms with Gasteiger partial charge in [0.15, 0.2) is 11.5 Å². The number of furan rings is 1. The summed E-state index contributed by atoms with van der Waals surface area (Å²) in [6.07, 6.45) is 0. The minimum absolute atomic E-state index is 0.128. The zero-order valence-corrected chi connectivity index (χ0v) is 13.1. The third kappa shape index (κ3) is 2.43. The molecule has 2 heterocycles. The van der Waals surface area contributed by atoms with Crippen LogP contribution in [-0.2, 0) is 0 Å². The second-order valence-electron chi connectivity index (χ2n) is 5.52. The fourth-order valence-electron chi connectivity index (χ4n) is 2.66. The normalized spacial score (nSPS) is 14.0. The molecular formula is C17H19NO4. The van der Waals surface area contributed by atoms with E-state index in [1.54, 1.807) is 6.92 Å². The number of fused-ring (bicyclic) bond motifs is 1. The van der Waals surface area contributed by atoms with E-state index in [9.17, 15) is 4.79 Å². The van der Waals surface area contributed by atoms with Crippen molar-refractivity contribution in [3.63, 3.8) is 0 Å². The maximum absolute atomic E-state index is 12.5. The van der Waals surface area contributed by atoms with E-state index in [0.717, 1.165) is 22.6 Å². The molecule has 3 rings (SSSR count). The van der Waals surface area contributed by atoms with Crippen LogP contribution in [0.3, 0.4) is 0 Å².